The van der Waals surface area contributed by atoms with Gasteiger partial charge < -0.3 is 40.2 Å². The van der Waals surface area contributed by atoms with E-state index in [4.69, 9.17) is 23.2 Å². The van der Waals surface area contributed by atoms with Gasteiger partial charge in [-0.2, -0.15) is 17.6 Å². The number of halogens is 11. The Balaban J connectivity index is 0.000000227. The zero-order chi connectivity index (χ0) is 69.3. The van der Waals surface area contributed by atoms with Crippen LogP contribution in [0.5, 0.6) is 11.5 Å². The molecule has 8 aromatic rings. The summed E-state index contributed by atoms with van der Waals surface area (Å²) in [7, 11) is 2.22. The maximum absolute atomic E-state index is 14.0. The minimum absolute atomic E-state index is 0.0103. The average molecular weight is 1360 g/mol. The number of hydrogen-bond acceptors (Lipinski definition) is 20. The van der Waals surface area contributed by atoms with Gasteiger partial charge >= 0.3 is 25.2 Å². The molecular formula is C59H47Cl2F9N12O12. The quantitative estimate of drug-likeness (QED) is 0.0314. The molecule has 0 unspecified atom stereocenters. The van der Waals surface area contributed by atoms with E-state index in [0.29, 0.717) is 27.8 Å². The minimum Gasteiger partial charge on any atom is -0.464 e. The Labute approximate surface area is 535 Å². The number of amides is 4. The summed E-state index contributed by atoms with van der Waals surface area (Å²) < 4.78 is 132. The molecule has 4 N–H and O–H groups in total. The molecule has 24 nitrogen and oxygen atoms in total. The Morgan fingerprint density at radius 2 is 0.766 bits per heavy atom. The summed E-state index contributed by atoms with van der Waals surface area (Å²) in [6.45, 7) is -2.08. The predicted molar refractivity (Wildman–Crippen MR) is 309 cm³/mol. The number of esters is 2. The lowest BCUT2D eigenvalue weighted by molar-refractivity contribution is -0.0528. The lowest BCUT2D eigenvalue weighted by Crippen LogP contribution is -2.26. The molecule has 4 aromatic carbocycles. The van der Waals surface area contributed by atoms with Crippen LogP contribution in [-0.2, 0) is 35.7 Å². The molecule has 35 heteroatoms. The van der Waals surface area contributed by atoms with Gasteiger partial charge in [-0.3, -0.25) is 28.8 Å². The maximum atomic E-state index is 14.0. The van der Waals surface area contributed by atoms with Gasteiger partial charge in [0.1, 0.15) is 65.4 Å². The number of ether oxygens (including phenoxy) is 4. The number of methoxy groups -OCH3 is 2. The number of ketones is 2. The van der Waals surface area contributed by atoms with Crippen LogP contribution in [0.2, 0.25) is 10.0 Å². The molecule has 0 radical (unpaired) electrons. The molecule has 0 saturated carbocycles. The number of aromatic nitrogens is 8. The highest BCUT2D eigenvalue weighted by Gasteiger charge is 2.24. The number of nitrogens with one attached hydrogen (secondary N) is 4. The Bertz CT molecular complexity index is 4110. The summed E-state index contributed by atoms with van der Waals surface area (Å²) in [6, 6.07) is 17.1. The first-order chi connectivity index (χ1) is 44.6. The number of hydrogen-bond donors (Lipinski definition) is 4. The van der Waals surface area contributed by atoms with Gasteiger partial charge in [-0.05, 0) is 83.8 Å². The van der Waals surface area contributed by atoms with E-state index in [1.807, 2.05) is 0 Å². The van der Waals surface area contributed by atoms with Crippen molar-refractivity contribution in [2.45, 2.75) is 60.2 Å². The molecule has 0 atom stereocenters. The second-order valence-electron chi connectivity index (χ2n) is 18.3. The monoisotopic (exact) mass is 1360 g/mol. The van der Waals surface area contributed by atoms with E-state index in [-0.39, 0.29) is 82.0 Å². The second-order valence-corrected chi connectivity index (χ2v) is 19.1. The molecule has 0 saturated heterocycles. The van der Waals surface area contributed by atoms with Gasteiger partial charge in [0.05, 0.1) is 24.3 Å². The van der Waals surface area contributed by atoms with Crippen LogP contribution in [0.1, 0.15) is 126 Å². The van der Waals surface area contributed by atoms with Crippen LogP contribution in [0.25, 0.3) is 0 Å². The zero-order valence-electron chi connectivity index (χ0n) is 49.0. The van der Waals surface area contributed by atoms with Gasteiger partial charge in [0.15, 0.2) is 57.6 Å². The van der Waals surface area contributed by atoms with Crippen molar-refractivity contribution in [3.05, 3.63) is 223 Å². The van der Waals surface area contributed by atoms with Crippen molar-refractivity contribution < 1.29 is 96.8 Å². The van der Waals surface area contributed by atoms with Crippen molar-refractivity contribution in [2.75, 3.05) is 14.2 Å². The van der Waals surface area contributed by atoms with Crippen LogP contribution in [0.3, 0.4) is 0 Å². The molecule has 0 spiro atoms. The molecule has 94 heavy (non-hydrogen) atoms. The third-order valence-electron chi connectivity index (χ3n) is 11.8. The van der Waals surface area contributed by atoms with Crippen LogP contribution in [0.4, 0.5) is 39.5 Å². The molecule has 4 heterocycles. The first-order valence-corrected chi connectivity index (χ1v) is 27.0. The third kappa shape index (κ3) is 22.1. The molecule has 0 bridgehead atoms. The van der Waals surface area contributed by atoms with Gasteiger partial charge in [-0.15, -0.1) is 0 Å². The number of Topliss-reactive ketones (excluding diaryl/α,β-unsaturated/α-hetero) is 2. The van der Waals surface area contributed by atoms with Gasteiger partial charge in [0, 0.05) is 51.7 Å². The molecule has 4 amide bonds. The number of rotatable bonds is 20. The Morgan fingerprint density at radius 3 is 1.18 bits per heavy atom. The van der Waals surface area contributed by atoms with Crippen LogP contribution in [-0.4, -0.2) is 114 Å². The molecule has 8 rings (SSSR count). The topological polar surface area (TPSA) is 325 Å². The van der Waals surface area contributed by atoms with Crippen LogP contribution in [0.15, 0.2) is 110 Å². The van der Waals surface area contributed by atoms with Crippen LogP contribution >= 0.6 is 23.2 Å². The third-order valence-corrected chi connectivity index (χ3v) is 12.4. The smallest absolute Gasteiger partial charge is 0.387 e. The first-order valence-electron chi connectivity index (χ1n) is 26.2. The number of carbonyl (C=O) groups excluding carboxylic acids is 8. The van der Waals surface area contributed by atoms with E-state index in [2.05, 4.69) is 80.1 Å². The van der Waals surface area contributed by atoms with Gasteiger partial charge in [-0.25, -0.2) is 71.4 Å². The maximum Gasteiger partial charge on any atom is 0.387 e. The summed E-state index contributed by atoms with van der Waals surface area (Å²) in [5.41, 5.74) is 1.22. The fourth-order valence-electron chi connectivity index (χ4n) is 7.24. The van der Waals surface area contributed by atoms with E-state index < -0.39 is 101 Å². The summed E-state index contributed by atoms with van der Waals surface area (Å²) in [5, 5.41) is 9.85. The van der Waals surface area contributed by atoms with Crippen LogP contribution in [0, 0.1) is 36.0 Å². The molecular weight excluding hydrogens is 1310 g/mol. The fraction of sp³-hybridized carbons (Fsp3) is 0.186. The van der Waals surface area contributed by atoms with Crippen molar-refractivity contribution in [3.8, 4) is 11.5 Å². The highest BCUT2D eigenvalue weighted by molar-refractivity contribution is 6.31. The molecule has 0 aliphatic rings. The average Bonchev–Trinajstić information content (AvgIpc) is 0.866. The lowest BCUT2D eigenvalue weighted by Gasteiger charge is -2.09. The van der Waals surface area contributed by atoms with Crippen molar-refractivity contribution in [2.24, 2.45) is 0 Å². The van der Waals surface area contributed by atoms with Crippen molar-refractivity contribution in [3.63, 3.8) is 0 Å². The molecule has 4 aromatic heterocycles. The summed E-state index contributed by atoms with van der Waals surface area (Å²) in [4.78, 5) is 123. The van der Waals surface area contributed by atoms with Crippen molar-refractivity contribution >= 4 is 70.3 Å². The first kappa shape index (κ1) is 73.6. The Hall–Kier alpha value is -11.1. The second kappa shape index (κ2) is 35.5. The Morgan fingerprint density at radius 1 is 0.415 bits per heavy atom. The number of carbonyl (C=O) groups is 8. The molecule has 0 aliphatic heterocycles. The largest absolute Gasteiger partial charge is 0.464 e. The van der Waals surface area contributed by atoms with Gasteiger partial charge in [-0.1, -0.05) is 47.5 Å². The predicted octanol–water partition coefficient (Wildman–Crippen LogP) is 9.12. The number of alkyl halides is 4. The molecule has 0 fully saturated rings. The SMILES string of the molecule is CC(=O)c1cc(C(=O)NCc2ccc(F)c(OC(F)F)c2)ncn1.CC(=O)c1ncnc(C(=O)NCc2ccc(F)c(Cl)c2)c1C.COC(=O)c1cc(C(=O)NCc2ccc(F)c(OC(F)F)c2)ncn1.COC(=O)c1ncnc(C(=O)NCc2ccc(F)c(Cl)c2)c1F. The zero-order valence-corrected chi connectivity index (χ0v) is 50.5. The minimum atomic E-state index is -3.17. The molecule has 492 valence electrons. The van der Waals surface area contributed by atoms with Gasteiger partial charge in [0.25, 0.3) is 23.6 Å². The van der Waals surface area contributed by atoms with Crippen molar-refractivity contribution in [1.82, 2.24) is 61.1 Å². The van der Waals surface area contributed by atoms with E-state index in [9.17, 15) is 77.9 Å². The van der Waals surface area contributed by atoms with E-state index in [1.54, 1.807) is 6.92 Å². The summed E-state index contributed by atoms with van der Waals surface area (Å²) >= 11 is 11.3. The highest BCUT2D eigenvalue weighted by atomic mass is 35.5. The van der Waals surface area contributed by atoms with Crippen molar-refractivity contribution in [1.29, 1.82) is 0 Å². The lowest BCUT2D eigenvalue weighted by atomic mass is 10.1. The van der Waals surface area contributed by atoms with E-state index in [0.717, 1.165) is 69.6 Å². The molecule has 0 aliphatic carbocycles. The van der Waals surface area contributed by atoms with Gasteiger partial charge in [0.2, 0.25) is 0 Å². The van der Waals surface area contributed by atoms with Crippen LogP contribution < -0.4 is 30.7 Å². The number of nitrogens with zero attached hydrogens (tertiary/aromatic N) is 8. The normalized spacial score (nSPS) is 10.4. The number of benzene rings is 4. The standard InChI is InChI=1S/C15H13ClFN3O2.C15H12F3N3O4.C15H12F3N3O3.C14H10ClF2N3O3/c1-8-13(9(2)21)19-7-20-14(8)15(22)18-6-10-3-4-12(17)11(16)5-10;1-24-14(23)11-5-10(20-7-21-11)13(22)19-6-8-2-3-9(16)12(4-8)25-15(17)18;1-8(22)11-5-12(21-7-20-11)14(23)19-6-9-2-3-10(16)13(4-9)24-15(17)18;1-23-14(22)12-10(17)11(19-6-20-12)13(21)18-5-7-2-3-9(16)8(15)4-7/h3-5,7H,6H2,1-2H3,(H,18,22);2-5,7,15H,6H2,1H3,(H,19,22);2-5,7,15H,6H2,1H3,(H,19,23);2-4,6H,5H2,1H3,(H,18,21). The highest BCUT2D eigenvalue weighted by Crippen LogP contribution is 2.24. The summed E-state index contributed by atoms with van der Waals surface area (Å²) in [6.07, 6.45) is 4.15. The Kier molecular flexibility index (Phi) is 27.8. The fourth-order valence-corrected chi connectivity index (χ4v) is 7.64. The van der Waals surface area contributed by atoms with E-state index >= 15 is 0 Å². The van der Waals surface area contributed by atoms with E-state index in [1.165, 1.54) is 68.7 Å². The summed E-state index contributed by atoms with van der Waals surface area (Å²) in [5.74, 6) is -10.3.